The minimum Gasteiger partial charge on any atom is -0.346 e. The monoisotopic (exact) mass is 982 g/mol. The molecule has 0 unspecified atom stereocenters. The van der Waals surface area contributed by atoms with Crippen LogP contribution in [0.15, 0.2) is 170 Å². The zero-order valence-electron chi connectivity index (χ0n) is 39.5. The lowest BCUT2D eigenvalue weighted by Gasteiger charge is -2.26. The standard InChI is InChI=1S/C60H50N2O4S2Si2/c1-69(2)51-33-41-32-48-52(70(3,4)54-36-56(68-58(48)54)62(50-18-10-14-38-12-6-8-16-46(38)50)44-25-21-40(22-26-44)60-65-29-30-66-60)34-42(41)31-47(51)57-53(69)35-55(67-57)61(49-17-9-13-37-11-5-7-15-45(37)49)43-23-19-39(20-24-43)59-63-27-28-64-59/h5-26,31-36,59-60H,27-30H2,1-4H3. The first-order valence-electron chi connectivity index (χ1n) is 24.3. The van der Waals surface area contributed by atoms with Gasteiger partial charge in [0.25, 0.3) is 0 Å². The molecular formula is C60H50N2O4S2Si2. The first-order chi connectivity index (χ1) is 34.2. The Kier molecular flexibility index (Phi) is 9.86. The maximum absolute atomic E-state index is 5.88. The van der Waals surface area contributed by atoms with Crippen LogP contribution in [-0.2, 0) is 18.9 Å². The second-order valence-corrected chi connectivity index (χ2v) is 30.8. The largest absolute Gasteiger partial charge is 0.346 e. The minimum absolute atomic E-state index is 0.309. The summed E-state index contributed by atoms with van der Waals surface area (Å²) in [6.45, 7) is 12.7. The molecule has 0 amide bonds. The number of hydrogen-bond acceptors (Lipinski definition) is 8. The van der Waals surface area contributed by atoms with Crippen molar-refractivity contribution in [2.24, 2.45) is 0 Å². The van der Waals surface area contributed by atoms with Crippen molar-refractivity contribution < 1.29 is 18.9 Å². The summed E-state index contributed by atoms with van der Waals surface area (Å²) in [6.07, 6.45) is -0.618. The highest BCUT2D eigenvalue weighted by Crippen LogP contribution is 2.49. The van der Waals surface area contributed by atoms with Gasteiger partial charge in [-0.3, -0.25) is 0 Å². The highest BCUT2D eigenvalue weighted by molar-refractivity contribution is 7.25. The first-order valence-corrected chi connectivity index (χ1v) is 32.0. The summed E-state index contributed by atoms with van der Waals surface area (Å²) in [5.41, 5.74) is 9.52. The van der Waals surface area contributed by atoms with Crippen molar-refractivity contribution in [1.29, 1.82) is 0 Å². The van der Waals surface area contributed by atoms with Crippen molar-refractivity contribution in [1.82, 2.24) is 0 Å². The summed E-state index contributed by atoms with van der Waals surface area (Å²) in [5.74, 6) is 0. The van der Waals surface area contributed by atoms with Gasteiger partial charge >= 0.3 is 0 Å². The van der Waals surface area contributed by atoms with E-state index in [0.29, 0.717) is 26.4 Å². The lowest BCUT2D eigenvalue weighted by atomic mass is 10.0. The van der Waals surface area contributed by atoms with Crippen LogP contribution in [0.1, 0.15) is 23.7 Å². The third-order valence-electron chi connectivity index (χ3n) is 15.3. The third kappa shape index (κ3) is 6.62. The predicted octanol–water partition coefficient (Wildman–Crippen LogP) is 13.9. The van der Waals surface area contributed by atoms with E-state index in [9.17, 15) is 0 Å². The average molecular weight is 983 g/mol. The molecule has 14 rings (SSSR count). The van der Waals surface area contributed by atoms with Gasteiger partial charge in [0.1, 0.15) is 26.1 Å². The quantitative estimate of drug-likeness (QED) is 0.141. The lowest BCUT2D eigenvalue weighted by Crippen LogP contribution is -2.49. The average Bonchev–Trinajstić information content (AvgIpc) is 4.27. The first kappa shape index (κ1) is 42.7. The summed E-state index contributed by atoms with van der Waals surface area (Å²) in [6, 6.07) is 63.6. The third-order valence-corrected chi connectivity index (χ3v) is 25.0. The van der Waals surface area contributed by atoms with Gasteiger partial charge < -0.3 is 28.7 Å². The molecule has 10 aromatic rings. The number of thiophene rings is 2. The van der Waals surface area contributed by atoms with Crippen LogP contribution in [0.3, 0.4) is 0 Å². The molecule has 4 aliphatic heterocycles. The Balaban J connectivity index is 0.868. The van der Waals surface area contributed by atoms with E-state index >= 15 is 0 Å². The Morgan fingerprint density at radius 2 is 0.786 bits per heavy atom. The Labute approximate surface area is 417 Å². The van der Waals surface area contributed by atoms with E-state index in [4.69, 9.17) is 18.9 Å². The van der Waals surface area contributed by atoms with E-state index < -0.39 is 16.1 Å². The van der Waals surface area contributed by atoms with Gasteiger partial charge in [0.2, 0.25) is 0 Å². The number of nitrogens with zero attached hydrogens (tertiary/aromatic N) is 2. The molecule has 2 saturated heterocycles. The van der Waals surface area contributed by atoms with Crippen molar-refractivity contribution >= 4 is 125 Å². The van der Waals surface area contributed by atoms with Gasteiger partial charge in [0.05, 0.1) is 37.8 Å². The van der Waals surface area contributed by atoms with Crippen LogP contribution < -0.4 is 30.5 Å². The van der Waals surface area contributed by atoms with Gasteiger partial charge in [0, 0.05) is 43.0 Å². The molecule has 6 heterocycles. The van der Waals surface area contributed by atoms with Gasteiger partial charge in [-0.25, -0.2) is 0 Å². The molecule has 2 fully saturated rings. The van der Waals surface area contributed by atoms with E-state index in [0.717, 1.165) is 22.5 Å². The summed E-state index contributed by atoms with van der Waals surface area (Å²) in [4.78, 5) is 7.79. The van der Waals surface area contributed by atoms with E-state index in [1.54, 1.807) is 0 Å². The molecule has 0 radical (unpaired) electrons. The zero-order chi connectivity index (χ0) is 46.9. The molecular weight excluding hydrogens is 933 g/mol. The van der Waals surface area contributed by atoms with Gasteiger partial charge in [-0.05, 0) is 114 Å². The molecule has 70 heavy (non-hydrogen) atoms. The zero-order valence-corrected chi connectivity index (χ0v) is 43.1. The Morgan fingerprint density at radius 3 is 1.20 bits per heavy atom. The topological polar surface area (TPSA) is 43.4 Å². The van der Waals surface area contributed by atoms with Gasteiger partial charge in [-0.15, -0.1) is 22.7 Å². The van der Waals surface area contributed by atoms with Gasteiger partial charge in [0.15, 0.2) is 12.6 Å². The number of rotatable bonds is 8. The summed E-state index contributed by atoms with van der Waals surface area (Å²) in [5, 5.41) is 16.2. The van der Waals surface area contributed by atoms with Crippen LogP contribution in [0.25, 0.3) is 53.2 Å². The summed E-state index contributed by atoms with van der Waals surface area (Å²) >= 11 is 3.88. The van der Waals surface area contributed by atoms with Gasteiger partial charge in [-0.1, -0.05) is 135 Å². The molecule has 0 N–H and O–H groups in total. The molecule has 0 bridgehead atoms. The van der Waals surface area contributed by atoms with Crippen LogP contribution in [-0.4, -0.2) is 42.6 Å². The molecule has 4 aliphatic rings. The molecule has 6 nitrogen and oxygen atoms in total. The Bertz CT molecular complexity index is 3470. The van der Waals surface area contributed by atoms with Crippen LogP contribution in [0.4, 0.5) is 32.8 Å². The molecule has 0 spiro atoms. The highest BCUT2D eigenvalue weighted by Gasteiger charge is 2.43. The van der Waals surface area contributed by atoms with Crippen LogP contribution in [0.2, 0.25) is 26.2 Å². The van der Waals surface area contributed by atoms with Crippen molar-refractivity contribution in [3.63, 3.8) is 0 Å². The number of hydrogen-bond donors (Lipinski definition) is 0. The fourth-order valence-electron chi connectivity index (χ4n) is 11.6. The number of ether oxygens (including phenoxy) is 4. The van der Waals surface area contributed by atoms with Crippen molar-refractivity contribution in [3.05, 3.63) is 181 Å². The molecule has 0 aliphatic carbocycles. The molecule has 0 saturated carbocycles. The number of fused-ring (bicyclic) bond motifs is 9. The normalized spacial score (nSPS) is 16.8. The maximum Gasteiger partial charge on any atom is 0.184 e. The highest BCUT2D eigenvalue weighted by atomic mass is 32.1. The van der Waals surface area contributed by atoms with Crippen LogP contribution >= 0.6 is 22.7 Å². The smallest absolute Gasteiger partial charge is 0.184 e. The number of benzene rings is 8. The predicted molar refractivity (Wildman–Crippen MR) is 298 cm³/mol. The van der Waals surface area contributed by atoms with E-state index in [1.165, 1.54) is 95.3 Å². The fourth-order valence-corrected chi connectivity index (χ4v) is 21.8. The molecule has 10 heteroatoms. The summed E-state index contributed by atoms with van der Waals surface area (Å²) in [7, 11) is -4.23. The minimum atomic E-state index is -2.11. The maximum atomic E-state index is 5.88. The number of anilines is 6. The molecule has 2 aromatic heterocycles. The SMILES string of the molecule is C[Si]1(C)c2cc3cc4c(cc3cc2-c2sc(N(c3ccc(C5OCCO5)cc3)c3cccc5ccccc35)cc21)[Si](C)(C)c1cc(N(c2ccc(C3OCCO3)cc2)c2cccc3ccccc23)sc1-4. The molecule has 344 valence electrons. The van der Waals surface area contributed by atoms with Gasteiger partial charge in [-0.2, -0.15) is 0 Å². The van der Waals surface area contributed by atoms with Crippen molar-refractivity contribution in [2.45, 2.75) is 38.8 Å². The fraction of sp³-hybridized carbons (Fsp3) is 0.167. The van der Waals surface area contributed by atoms with Crippen LogP contribution in [0, 0.1) is 0 Å². The second kappa shape index (κ2) is 16.2. The van der Waals surface area contributed by atoms with Crippen molar-refractivity contribution in [3.8, 4) is 20.9 Å². The summed E-state index contributed by atoms with van der Waals surface area (Å²) < 4.78 is 23.5. The van der Waals surface area contributed by atoms with E-state index in [1.807, 2.05) is 22.7 Å². The lowest BCUT2D eigenvalue weighted by molar-refractivity contribution is -0.0443. The van der Waals surface area contributed by atoms with E-state index in [-0.39, 0.29) is 12.6 Å². The van der Waals surface area contributed by atoms with Crippen molar-refractivity contribution in [2.75, 3.05) is 36.2 Å². The van der Waals surface area contributed by atoms with Crippen LogP contribution in [0.5, 0.6) is 0 Å². The second-order valence-electron chi connectivity index (χ2n) is 20.0. The Morgan fingerprint density at radius 1 is 0.400 bits per heavy atom. The molecule has 0 atom stereocenters. The Hall–Kier alpha value is -6.19. The molecule has 8 aromatic carbocycles. The van der Waals surface area contributed by atoms with E-state index in [2.05, 4.69) is 206 Å².